The summed E-state index contributed by atoms with van der Waals surface area (Å²) in [6.07, 6.45) is 2.02. The van der Waals surface area contributed by atoms with Crippen molar-refractivity contribution in [3.05, 3.63) is 34.6 Å². The molecule has 1 fully saturated rings. The lowest BCUT2D eigenvalue weighted by Gasteiger charge is -2.19. The molecule has 0 saturated heterocycles. The molecule has 0 heterocycles. The van der Waals surface area contributed by atoms with Gasteiger partial charge in [-0.25, -0.2) is 4.39 Å². The highest BCUT2D eigenvalue weighted by Gasteiger charge is 2.30. The molecule has 0 atom stereocenters. The molecule has 1 saturated carbocycles. The highest BCUT2D eigenvalue weighted by Crippen LogP contribution is 2.28. The van der Waals surface area contributed by atoms with Crippen LogP contribution in [0.5, 0.6) is 0 Å². The van der Waals surface area contributed by atoms with Crippen molar-refractivity contribution in [3.8, 4) is 0 Å². The lowest BCUT2D eigenvalue weighted by atomic mass is 10.2. The molecule has 1 aliphatic rings. The second-order valence-electron chi connectivity index (χ2n) is 4.31. The van der Waals surface area contributed by atoms with E-state index in [1.807, 2.05) is 4.90 Å². The smallest absolute Gasteiger partial charge is 0.317 e. The zero-order chi connectivity index (χ0) is 12.4. The number of carbonyl (C=O) groups is 1. The van der Waals surface area contributed by atoms with Gasteiger partial charge >= 0.3 is 5.97 Å². The van der Waals surface area contributed by atoms with Crippen LogP contribution in [0.25, 0.3) is 0 Å². The van der Waals surface area contributed by atoms with Crippen LogP contribution in [0, 0.1) is 5.82 Å². The van der Waals surface area contributed by atoms with Gasteiger partial charge in [-0.15, -0.1) is 0 Å². The number of benzene rings is 1. The summed E-state index contributed by atoms with van der Waals surface area (Å²) in [7, 11) is 0. The molecular formula is C12H13ClFNO2. The van der Waals surface area contributed by atoms with Crippen molar-refractivity contribution in [3.63, 3.8) is 0 Å². The van der Waals surface area contributed by atoms with E-state index in [1.54, 1.807) is 6.07 Å². The number of carboxylic acids is 1. The molecule has 17 heavy (non-hydrogen) atoms. The van der Waals surface area contributed by atoms with Crippen molar-refractivity contribution < 1.29 is 14.3 Å². The third-order valence-corrected chi connectivity index (χ3v) is 2.93. The van der Waals surface area contributed by atoms with Gasteiger partial charge in [-0.05, 0) is 36.6 Å². The van der Waals surface area contributed by atoms with Gasteiger partial charge in [0, 0.05) is 17.6 Å². The van der Waals surface area contributed by atoms with Gasteiger partial charge < -0.3 is 5.11 Å². The fourth-order valence-electron chi connectivity index (χ4n) is 1.86. The van der Waals surface area contributed by atoms with Crippen LogP contribution in [-0.2, 0) is 11.3 Å². The van der Waals surface area contributed by atoms with Crippen LogP contribution in [0.2, 0.25) is 5.02 Å². The molecule has 0 spiro atoms. The molecular weight excluding hydrogens is 245 g/mol. The van der Waals surface area contributed by atoms with E-state index in [4.69, 9.17) is 16.7 Å². The molecule has 0 radical (unpaired) electrons. The van der Waals surface area contributed by atoms with E-state index < -0.39 is 11.8 Å². The molecule has 0 aromatic heterocycles. The highest BCUT2D eigenvalue weighted by molar-refractivity contribution is 6.30. The van der Waals surface area contributed by atoms with Gasteiger partial charge in [-0.3, -0.25) is 9.69 Å². The SMILES string of the molecule is O=C(O)CN(Cc1cc(F)cc(Cl)c1)C1CC1. The topological polar surface area (TPSA) is 40.5 Å². The third-order valence-electron chi connectivity index (χ3n) is 2.71. The van der Waals surface area contributed by atoms with Crippen molar-refractivity contribution in [2.24, 2.45) is 0 Å². The van der Waals surface area contributed by atoms with E-state index in [0.717, 1.165) is 12.8 Å². The van der Waals surface area contributed by atoms with Gasteiger partial charge in [0.15, 0.2) is 0 Å². The van der Waals surface area contributed by atoms with E-state index >= 15 is 0 Å². The zero-order valence-corrected chi connectivity index (χ0v) is 9.95. The van der Waals surface area contributed by atoms with Crippen molar-refractivity contribution in [1.82, 2.24) is 4.90 Å². The molecule has 5 heteroatoms. The number of aliphatic carboxylic acids is 1. The van der Waals surface area contributed by atoms with Gasteiger partial charge in [0.25, 0.3) is 0 Å². The first-order valence-electron chi connectivity index (χ1n) is 5.45. The Labute approximate surface area is 104 Å². The maximum Gasteiger partial charge on any atom is 0.317 e. The largest absolute Gasteiger partial charge is 0.480 e. The Hall–Kier alpha value is -1.13. The van der Waals surface area contributed by atoms with Gasteiger partial charge in [0.05, 0.1) is 6.54 Å². The minimum absolute atomic E-state index is 0.0151. The minimum atomic E-state index is -0.862. The van der Waals surface area contributed by atoms with Crippen LogP contribution in [0.1, 0.15) is 18.4 Å². The Balaban J connectivity index is 2.08. The van der Waals surface area contributed by atoms with E-state index in [0.29, 0.717) is 23.2 Å². The number of halogens is 2. The molecule has 3 nitrogen and oxygen atoms in total. The molecule has 92 valence electrons. The van der Waals surface area contributed by atoms with Crippen molar-refractivity contribution in [1.29, 1.82) is 0 Å². The quantitative estimate of drug-likeness (QED) is 0.881. The molecule has 0 unspecified atom stereocenters. The van der Waals surface area contributed by atoms with Gasteiger partial charge in [0.2, 0.25) is 0 Å². The van der Waals surface area contributed by atoms with Gasteiger partial charge in [-0.2, -0.15) is 0 Å². The maximum atomic E-state index is 13.1. The monoisotopic (exact) mass is 257 g/mol. The molecule has 0 bridgehead atoms. The molecule has 0 amide bonds. The molecule has 0 aliphatic heterocycles. The summed E-state index contributed by atoms with van der Waals surface area (Å²) in [6.45, 7) is 0.410. The molecule has 1 N–H and O–H groups in total. The van der Waals surface area contributed by atoms with Crippen LogP contribution in [0.4, 0.5) is 4.39 Å². The van der Waals surface area contributed by atoms with Crippen LogP contribution >= 0.6 is 11.6 Å². The summed E-state index contributed by atoms with van der Waals surface area (Å²) in [6, 6.07) is 4.61. The maximum absolute atomic E-state index is 13.1. The van der Waals surface area contributed by atoms with Crippen LogP contribution in [-0.4, -0.2) is 28.6 Å². The first-order chi connectivity index (χ1) is 8.04. The van der Waals surface area contributed by atoms with Gasteiger partial charge in [0.1, 0.15) is 5.82 Å². The lowest BCUT2D eigenvalue weighted by Crippen LogP contribution is -2.31. The predicted octanol–water partition coefficient (Wildman–Crippen LogP) is 2.53. The van der Waals surface area contributed by atoms with Crippen LogP contribution in [0.15, 0.2) is 18.2 Å². The van der Waals surface area contributed by atoms with Crippen molar-refractivity contribution >= 4 is 17.6 Å². The minimum Gasteiger partial charge on any atom is -0.480 e. The Kier molecular flexibility index (Phi) is 3.64. The normalized spacial score (nSPS) is 15.2. The van der Waals surface area contributed by atoms with Crippen molar-refractivity contribution in [2.75, 3.05) is 6.54 Å². The van der Waals surface area contributed by atoms with Gasteiger partial charge in [-0.1, -0.05) is 11.6 Å². The van der Waals surface area contributed by atoms with E-state index in [9.17, 15) is 9.18 Å². The summed E-state index contributed by atoms with van der Waals surface area (Å²) in [4.78, 5) is 12.6. The number of hydrogen-bond acceptors (Lipinski definition) is 2. The summed E-state index contributed by atoms with van der Waals surface area (Å²) in [5.41, 5.74) is 0.711. The first kappa shape index (κ1) is 12.3. The second kappa shape index (κ2) is 5.02. The van der Waals surface area contributed by atoms with E-state index in [-0.39, 0.29) is 6.54 Å². The molecule has 1 aromatic carbocycles. The standard InChI is InChI=1S/C12H13ClFNO2/c13-9-3-8(4-10(14)5-9)6-15(7-12(16)17)11-1-2-11/h3-5,11H,1-2,6-7H2,(H,16,17). The number of hydrogen-bond donors (Lipinski definition) is 1. The molecule has 1 aliphatic carbocycles. The zero-order valence-electron chi connectivity index (χ0n) is 9.20. The van der Waals surface area contributed by atoms with E-state index in [2.05, 4.69) is 0 Å². The Morgan fingerprint density at radius 1 is 1.47 bits per heavy atom. The van der Waals surface area contributed by atoms with E-state index in [1.165, 1.54) is 12.1 Å². The number of nitrogens with zero attached hydrogens (tertiary/aromatic N) is 1. The Morgan fingerprint density at radius 3 is 2.71 bits per heavy atom. The summed E-state index contributed by atoms with van der Waals surface area (Å²) < 4.78 is 13.1. The summed E-state index contributed by atoms with van der Waals surface area (Å²) in [5.74, 6) is -1.25. The van der Waals surface area contributed by atoms with Crippen LogP contribution in [0.3, 0.4) is 0 Å². The average molecular weight is 258 g/mol. The molecule has 2 rings (SSSR count). The molecule has 1 aromatic rings. The van der Waals surface area contributed by atoms with Crippen LogP contribution < -0.4 is 0 Å². The fraction of sp³-hybridized carbons (Fsp3) is 0.417. The predicted molar refractivity (Wildman–Crippen MR) is 62.5 cm³/mol. The summed E-state index contributed by atoms with van der Waals surface area (Å²) in [5, 5.41) is 9.14. The Morgan fingerprint density at radius 2 is 2.18 bits per heavy atom. The fourth-order valence-corrected chi connectivity index (χ4v) is 2.11. The second-order valence-corrected chi connectivity index (χ2v) is 4.74. The number of carboxylic acid groups (broad SMARTS) is 1. The first-order valence-corrected chi connectivity index (χ1v) is 5.83. The van der Waals surface area contributed by atoms with Crippen molar-refractivity contribution in [2.45, 2.75) is 25.4 Å². The third kappa shape index (κ3) is 3.68. The summed E-state index contributed by atoms with van der Waals surface area (Å²) >= 11 is 5.76. The average Bonchev–Trinajstić information content (AvgIpc) is 2.96. The Bertz CT molecular complexity index is 414. The lowest BCUT2D eigenvalue weighted by molar-refractivity contribution is -0.138. The highest BCUT2D eigenvalue weighted by atomic mass is 35.5. The number of rotatable bonds is 5.